The molecule has 6 heteroatoms. The Hall–Kier alpha value is -3.12. The summed E-state index contributed by atoms with van der Waals surface area (Å²) in [6, 6.07) is 22.5. The van der Waals surface area contributed by atoms with Crippen LogP contribution in [0.4, 0.5) is 0 Å². The molecule has 0 saturated carbocycles. The molecule has 3 rings (SSSR count). The number of carbonyl (C=O) groups excluding carboxylic acids is 1. The molecule has 1 amide bonds. The van der Waals surface area contributed by atoms with Crippen LogP contribution in [0.1, 0.15) is 28.4 Å². The predicted molar refractivity (Wildman–Crippen MR) is 118 cm³/mol. The molecule has 3 aromatic rings. The largest absolute Gasteiger partial charge is 0.494 e. The van der Waals surface area contributed by atoms with E-state index in [-0.39, 0.29) is 5.91 Å². The lowest BCUT2D eigenvalue weighted by molar-refractivity contribution is 0.0950. The van der Waals surface area contributed by atoms with Gasteiger partial charge in [0.05, 0.1) is 18.4 Å². The van der Waals surface area contributed by atoms with Crippen LogP contribution in [0.2, 0.25) is 0 Å². The Morgan fingerprint density at radius 2 is 1.79 bits per heavy atom. The molecule has 29 heavy (non-hydrogen) atoms. The van der Waals surface area contributed by atoms with Crippen LogP contribution in [-0.4, -0.2) is 18.7 Å². The van der Waals surface area contributed by atoms with Crippen LogP contribution in [0.3, 0.4) is 0 Å². The third-order valence-electron chi connectivity index (χ3n) is 4.02. The van der Waals surface area contributed by atoms with Crippen LogP contribution in [0.25, 0.3) is 0 Å². The Morgan fingerprint density at radius 3 is 2.59 bits per heavy atom. The Kier molecular flexibility index (Phi) is 7.41. The van der Waals surface area contributed by atoms with Gasteiger partial charge >= 0.3 is 0 Å². The minimum atomic E-state index is -0.345. The zero-order valence-electron chi connectivity index (χ0n) is 16.0. The first-order valence-electron chi connectivity index (χ1n) is 9.19. The summed E-state index contributed by atoms with van der Waals surface area (Å²) in [5, 5.41) is 4.07. The first-order chi connectivity index (χ1) is 14.2. The van der Waals surface area contributed by atoms with Crippen molar-refractivity contribution in [1.29, 1.82) is 0 Å². The topological polar surface area (TPSA) is 59.9 Å². The van der Waals surface area contributed by atoms with Gasteiger partial charge in [0.2, 0.25) is 0 Å². The molecule has 0 heterocycles. The molecule has 0 aromatic heterocycles. The van der Waals surface area contributed by atoms with Gasteiger partial charge in [0, 0.05) is 10.0 Å². The number of rotatable bonds is 8. The summed E-state index contributed by atoms with van der Waals surface area (Å²) in [5.41, 5.74) is 4.80. The van der Waals surface area contributed by atoms with Crippen molar-refractivity contribution < 1.29 is 14.3 Å². The molecule has 0 aliphatic carbocycles. The number of amides is 1. The molecule has 0 fully saturated rings. The lowest BCUT2D eigenvalue weighted by Crippen LogP contribution is -2.18. The Bertz CT molecular complexity index is 990. The lowest BCUT2D eigenvalue weighted by atomic mass is 10.2. The Balaban J connectivity index is 1.67. The summed E-state index contributed by atoms with van der Waals surface area (Å²) in [4.78, 5) is 12.6. The molecule has 0 aliphatic rings. The van der Waals surface area contributed by atoms with Crippen molar-refractivity contribution in [3.05, 3.63) is 94.0 Å². The summed E-state index contributed by atoms with van der Waals surface area (Å²) in [6.07, 6.45) is 1.57. The van der Waals surface area contributed by atoms with Gasteiger partial charge in [-0.15, -0.1) is 0 Å². The van der Waals surface area contributed by atoms with Gasteiger partial charge < -0.3 is 9.47 Å². The number of benzene rings is 3. The van der Waals surface area contributed by atoms with E-state index in [0.717, 1.165) is 21.3 Å². The SMILES string of the molecule is CCOc1ccc(Br)c(/C=N\NC(=O)c2ccccc2OCc2ccccc2)c1. The fourth-order valence-corrected chi connectivity index (χ4v) is 2.96. The van der Waals surface area contributed by atoms with Gasteiger partial charge in [-0.2, -0.15) is 5.10 Å². The van der Waals surface area contributed by atoms with Crippen LogP contribution >= 0.6 is 15.9 Å². The van der Waals surface area contributed by atoms with Crippen molar-refractivity contribution in [2.75, 3.05) is 6.61 Å². The first-order valence-corrected chi connectivity index (χ1v) is 9.98. The highest BCUT2D eigenvalue weighted by Crippen LogP contribution is 2.22. The molecule has 0 unspecified atom stereocenters. The maximum absolute atomic E-state index is 12.6. The molecule has 5 nitrogen and oxygen atoms in total. The summed E-state index contributed by atoms with van der Waals surface area (Å²) in [6.45, 7) is 2.88. The van der Waals surface area contributed by atoms with E-state index in [1.165, 1.54) is 0 Å². The highest BCUT2D eigenvalue weighted by Gasteiger charge is 2.11. The Labute approximate surface area is 178 Å². The number of carbonyl (C=O) groups is 1. The van der Waals surface area contributed by atoms with E-state index in [2.05, 4.69) is 26.5 Å². The molecule has 3 aromatic carbocycles. The van der Waals surface area contributed by atoms with Crippen LogP contribution in [0, 0.1) is 0 Å². The lowest BCUT2D eigenvalue weighted by Gasteiger charge is -2.10. The number of ether oxygens (including phenoxy) is 2. The van der Waals surface area contributed by atoms with E-state index in [1.807, 2.05) is 61.5 Å². The minimum Gasteiger partial charge on any atom is -0.494 e. The molecule has 0 aliphatic heterocycles. The number of nitrogens with zero attached hydrogens (tertiary/aromatic N) is 1. The van der Waals surface area contributed by atoms with E-state index in [4.69, 9.17) is 9.47 Å². The van der Waals surface area contributed by atoms with E-state index in [1.54, 1.807) is 24.4 Å². The first kappa shape index (κ1) is 20.6. The molecule has 1 N–H and O–H groups in total. The van der Waals surface area contributed by atoms with Gasteiger partial charge in [0.1, 0.15) is 18.1 Å². The summed E-state index contributed by atoms with van der Waals surface area (Å²) < 4.78 is 12.2. The van der Waals surface area contributed by atoms with Crippen LogP contribution in [0.15, 0.2) is 82.4 Å². The standard InChI is InChI=1S/C23H21BrN2O3/c1-2-28-19-12-13-21(24)18(14-19)15-25-26-23(27)20-10-6-7-11-22(20)29-16-17-8-4-3-5-9-17/h3-15H,2,16H2,1H3,(H,26,27)/b25-15-. The molecule has 0 atom stereocenters. The number of nitrogens with one attached hydrogen (secondary N) is 1. The van der Waals surface area contributed by atoms with Gasteiger partial charge in [0.15, 0.2) is 0 Å². The summed E-state index contributed by atoms with van der Waals surface area (Å²) >= 11 is 3.47. The number of hydrazone groups is 1. The summed E-state index contributed by atoms with van der Waals surface area (Å²) in [5.74, 6) is 0.897. The van der Waals surface area contributed by atoms with Gasteiger partial charge in [-0.1, -0.05) is 58.4 Å². The van der Waals surface area contributed by atoms with Crippen molar-refractivity contribution in [1.82, 2.24) is 5.43 Å². The number of halogens is 1. The van der Waals surface area contributed by atoms with Crippen molar-refractivity contribution >= 4 is 28.1 Å². The maximum atomic E-state index is 12.6. The molecule has 0 radical (unpaired) electrons. The normalized spacial score (nSPS) is 10.7. The summed E-state index contributed by atoms with van der Waals surface area (Å²) in [7, 11) is 0. The van der Waals surface area contributed by atoms with Gasteiger partial charge in [-0.05, 0) is 42.8 Å². The average molecular weight is 453 g/mol. The van der Waals surface area contributed by atoms with Crippen LogP contribution in [0.5, 0.6) is 11.5 Å². The molecule has 148 valence electrons. The highest BCUT2D eigenvalue weighted by molar-refractivity contribution is 9.10. The van der Waals surface area contributed by atoms with Gasteiger partial charge in [0.25, 0.3) is 5.91 Å². The third-order valence-corrected chi connectivity index (χ3v) is 4.74. The third kappa shape index (κ3) is 5.93. The molecule has 0 bridgehead atoms. The second-order valence-corrected chi connectivity index (χ2v) is 6.94. The fourth-order valence-electron chi connectivity index (χ4n) is 2.61. The number of hydrogen-bond donors (Lipinski definition) is 1. The van der Waals surface area contributed by atoms with Crippen LogP contribution < -0.4 is 14.9 Å². The smallest absolute Gasteiger partial charge is 0.275 e. The second kappa shape index (κ2) is 10.4. The highest BCUT2D eigenvalue weighted by atomic mass is 79.9. The fraction of sp³-hybridized carbons (Fsp3) is 0.130. The predicted octanol–water partition coefficient (Wildman–Crippen LogP) is 5.19. The zero-order chi connectivity index (χ0) is 20.5. The van der Waals surface area contributed by atoms with Gasteiger partial charge in [-0.25, -0.2) is 5.43 Å². The van der Waals surface area contributed by atoms with Crippen molar-refractivity contribution in [2.24, 2.45) is 5.10 Å². The van der Waals surface area contributed by atoms with E-state index in [9.17, 15) is 4.79 Å². The number of para-hydroxylation sites is 1. The van der Waals surface area contributed by atoms with Gasteiger partial charge in [-0.3, -0.25) is 4.79 Å². The quantitative estimate of drug-likeness (QED) is 0.377. The van der Waals surface area contributed by atoms with Crippen molar-refractivity contribution in [3.63, 3.8) is 0 Å². The Morgan fingerprint density at radius 1 is 1.03 bits per heavy atom. The van der Waals surface area contributed by atoms with Crippen molar-refractivity contribution in [2.45, 2.75) is 13.5 Å². The minimum absolute atomic E-state index is 0.345. The molecular formula is C23H21BrN2O3. The molecule has 0 saturated heterocycles. The van der Waals surface area contributed by atoms with Crippen molar-refractivity contribution in [3.8, 4) is 11.5 Å². The monoisotopic (exact) mass is 452 g/mol. The molecule has 0 spiro atoms. The number of hydrogen-bond acceptors (Lipinski definition) is 4. The average Bonchev–Trinajstić information content (AvgIpc) is 2.75. The zero-order valence-corrected chi connectivity index (χ0v) is 17.6. The van der Waals surface area contributed by atoms with E-state index < -0.39 is 0 Å². The second-order valence-electron chi connectivity index (χ2n) is 6.09. The van der Waals surface area contributed by atoms with E-state index in [0.29, 0.717) is 24.5 Å². The van der Waals surface area contributed by atoms with Crippen LogP contribution in [-0.2, 0) is 6.61 Å². The van der Waals surface area contributed by atoms with E-state index >= 15 is 0 Å². The maximum Gasteiger partial charge on any atom is 0.275 e. The molecular weight excluding hydrogens is 432 g/mol.